The molecule has 0 atom stereocenters. The van der Waals surface area contributed by atoms with Crippen molar-refractivity contribution < 1.29 is 19.0 Å². The summed E-state index contributed by atoms with van der Waals surface area (Å²) in [5, 5.41) is 3.03. The van der Waals surface area contributed by atoms with E-state index in [1.807, 2.05) is 24.3 Å². The molecule has 0 radical (unpaired) electrons. The monoisotopic (exact) mass is 313 g/mol. The van der Waals surface area contributed by atoms with E-state index in [1.54, 1.807) is 38.6 Å². The molecule has 0 amide bonds. The summed E-state index contributed by atoms with van der Waals surface area (Å²) >= 11 is 0. The number of anilines is 1. The van der Waals surface area contributed by atoms with Crippen molar-refractivity contribution in [3.05, 3.63) is 60.3 Å². The van der Waals surface area contributed by atoms with E-state index in [9.17, 15) is 4.79 Å². The molecule has 0 saturated carbocycles. The number of allylic oxidation sites excluding steroid dienone is 1. The average molecular weight is 313 g/mol. The third-order valence-electron chi connectivity index (χ3n) is 3.22. The smallest absolute Gasteiger partial charge is 0.187 e. The van der Waals surface area contributed by atoms with E-state index in [2.05, 4.69) is 5.32 Å². The number of carbonyl (C=O) groups is 1. The normalized spacial score (nSPS) is 10.4. The Balaban J connectivity index is 2.06. The van der Waals surface area contributed by atoms with Crippen molar-refractivity contribution in [3.63, 3.8) is 0 Å². The lowest BCUT2D eigenvalue weighted by molar-refractivity contribution is 0.104. The van der Waals surface area contributed by atoms with E-state index in [4.69, 9.17) is 14.2 Å². The number of benzene rings is 2. The minimum absolute atomic E-state index is 0.138. The number of ether oxygens (including phenoxy) is 3. The fourth-order valence-corrected chi connectivity index (χ4v) is 2.01. The second kappa shape index (κ2) is 7.89. The highest BCUT2D eigenvalue weighted by Crippen LogP contribution is 2.27. The minimum atomic E-state index is -0.138. The molecule has 0 fully saturated rings. The van der Waals surface area contributed by atoms with E-state index in [-0.39, 0.29) is 5.78 Å². The van der Waals surface area contributed by atoms with Crippen LogP contribution in [0.4, 0.5) is 5.69 Å². The highest BCUT2D eigenvalue weighted by molar-refractivity contribution is 6.05. The quantitative estimate of drug-likeness (QED) is 0.626. The number of carbonyl (C=O) groups excluding carboxylic acids is 1. The van der Waals surface area contributed by atoms with Gasteiger partial charge in [-0.2, -0.15) is 0 Å². The van der Waals surface area contributed by atoms with E-state index >= 15 is 0 Å². The van der Waals surface area contributed by atoms with Crippen LogP contribution in [0.2, 0.25) is 0 Å². The topological polar surface area (TPSA) is 56.8 Å². The predicted molar refractivity (Wildman–Crippen MR) is 89.6 cm³/mol. The Morgan fingerprint density at radius 3 is 2.43 bits per heavy atom. The second-order valence-electron chi connectivity index (χ2n) is 4.64. The van der Waals surface area contributed by atoms with Crippen molar-refractivity contribution >= 4 is 11.5 Å². The molecule has 2 aromatic rings. The Hall–Kier alpha value is -2.95. The van der Waals surface area contributed by atoms with Crippen LogP contribution in [-0.4, -0.2) is 27.1 Å². The van der Waals surface area contributed by atoms with Crippen molar-refractivity contribution in [2.24, 2.45) is 0 Å². The van der Waals surface area contributed by atoms with Crippen LogP contribution in [0.3, 0.4) is 0 Å². The Bertz CT molecular complexity index is 710. The molecule has 2 aromatic carbocycles. The van der Waals surface area contributed by atoms with Crippen LogP contribution in [0.5, 0.6) is 17.2 Å². The van der Waals surface area contributed by atoms with Crippen LogP contribution in [-0.2, 0) is 0 Å². The maximum atomic E-state index is 12.2. The van der Waals surface area contributed by atoms with E-state index in [1.165, 1.54) is 13.2 Å². The zero-order valence-corrected chi connectivity index (χ0v) is 13.3. The summed E-state index contributed by atoms with van der Waals surface area (Å²) in [6, 6.07) is 12.5. The molecular formula is C18H19NO4. The van der Waals surface area contributed by atoms with Crippen LogP contribution >= 0.6 is 0 Å². The van der Waals surface area contributed by atoms with Crippen LogP contribution < -0.4 is 19.5 Å². The SMILES string of the molecule is COc1cccc(N/C=C/C(=O)c2ccc(OC)c(OC)c2)c1. The summed E-state index contributed by atoms with van der Waals surface area (Å²) < 4.78 is 15.5. The molecule has 0 bridgehead atoms. The molecule has 120 valence electrons. The molecule has 2 rings (SSSR count). The first-order valence-corrected chi connectivity index (χ1v) is 7.01. The third kappa shape index (κ3) is 4.26. The van der Waals surface area contributed by atoms with Gasteiger partial charge in [0.1, 0.15) is 5.75 Å². The van der Waals surface area contributed by atoms with Gasteiger partial charge < -0.3 is 19.5 Å². The van der Waals surface area contributed by atoms with E-state index in [0.29, 0.717) is 17.1 Å². The van der Waals surface area contributed by atoms with Gasteiger partial charge in [-0.1, -0.05) is 6.07 Å². The fourth-order valence-electron chi connectivity index (χ4n) is 2.01. The van der Waals surface area contributed by atoms with Crippen molar-refractivity contribution in [2.45, 2.75) is 0 Å². The average Bonchev–Trinajstić information content (AvgIpc) is 2.61. The second-order valence-corrected chi connectivity index (χ2v) is 4.64. The lowest BCUT2D eigenvalue weighted by Gasteiger charge is -2.08. The Labute approximate surface area is 135 Å². The maximum absolute atomic E-state index is 12.2. The maximum Gasteiger partial charge on any atom is 0.187 e. The molecule has 0 aliphatic heterocycles. The summed E-state index contributed by atoms with van der Waals surface area (Å²) in [5.41, 5.74) is 1.35. The van der Waals surface area contributed by atoms with Gasteiger partial charge in [-0.05, 0) is 30.3 Å². The first-order chi connectivity index (χ1) is 11.2. The molecule has 23 heavy (non-hydrogen) atoms. The van der Waals surface area contributed by atoms with Crippen LogP contribution in [0.15, 0.2) is 54.7 Å². The highest BCUT2D eigenvalue weighted by atomic mass is 16.5. The predicted octanol–water partition coefficient (Wildman–Crippen LogP) is 3.52. The molecule has 5 nitrogen and oxygen atoms in total. The van der Waals surface area contributed by atoms with Crippen LogP contribution in [0.25, 0.3) is 0 Å². The molecule has 0 saturated heterocycles. The van der Waals surface area contributed by atoms with Gasteiger partial charge in [0.25, 0.3) is 0 Å². The molecule has 0 spiro atoms. The van der Waals surface area contributed by atoms with Gasteiger partial charge in [0.15, 0.2) is 17.3 Å². The molecule has 0 aliphatic rings. The minimum Gasteiger partial charge on any atom is -0.497 e. The van der Waals surface area contributed by atoms with Crippen molar-refractivity contribution in [1.82, 2.24) is 0 Å². The van der Waals surface area contributed by atoms with Crippen molar-refractivity contribution in [1.29, 1.82) is 0 Å². The van der Waals surface area contributed by atoms with Crippen molar-refractivity contribution in [3.8, 4) is 17.2 Å². The zero-order chi connectivity index (χ0) is 16.7. The molecule has 0 heterocycles. The fraction of sp³-hybridized carbons (Fsp3) is 0.167. The third-order valence-corrected chi connectivity index (χ3v) is 3.22. The molecule has 5 heteroatoms. The summed E-state index contributed by atoms with van der Waals surface area (Å²) in [7, 11) is 4.69. The highest BCUT2D eigenvalue weighted by Gasteiger charge is 2.08. The van der Waals surface area contributed by atoms with Gasteiger partial charge in [-0.25, -0.2) is 0 Å². The number of ketones is 1. The van der Waals surface area contributed by atoms with Gasteiger partial charge >= 0.3 is 0 Å². The number of hydrogen-bond acceptors (Lipinski definition) is 5. The van der Waals surface area contributed by atoms with E-state index in [0.717, 1.165) is 11.4 Å². The van der Waals surface area contributed by atoms with Gasteiger partial charge in [-0.3, -0.25) is 4.79 Å². The lowest BCUT2D eigenvalue weighted by Crippen LogP contribution is -1.98. The van der Waals surface area contributed by atoms with Crippen LogP contribution in [0.1, 0.15) is 10.4 Å². The Kier molecular flexibility index (Phi) is 5.63. The van der Waals surface area contributed by atoms with Gasteiger partial charge in [0, 0.05) is 29.6 Å². The first-order valence-electron chi connectivity index (χ1n) is 7.01. The van der Waals surface area contributed by atoms with Crippen LogP contribution in [0, 0.1) is 0 Å². The number of rotatable bonds is 7. The first kappa shape index (κ1) is 16.4. The van der Waals surface area contributed by atoms with Gasteiger partial charge in [0.2, 0.25) is 0 Å². The summed E-state index contributed by atoms with van der Waals surface area (Å²) in [6.45, 7) is 0. The summed E-state index contributed by atoms with van der Waals surface area (Å²) in [5.74, 6) is 1.71. The molecule has 0 aliphatic carbocycles. The lowest BCUT2D eigenvalue weighted by atomic mass is 10.1. The van der Waals surface area contributed by atoms with Crippen molar-refractivity contribution in [2.75, 3.05) is 26.6 Å². The largest absolute Gasteiger partial charge is 0.497 e. The number of hydrogen-bond donors (Lipinski definition) is 1. The summed E-state index contributed by atoms with van der Waals surface area (Å²) in [6.07, 6.45) is 3.05. The van der Waals surface area contributed by atoms with Gasteiger partial charge in [0.05, 0.1) is 21.3 Å². The number of nitrogens with one attached hydrogen (secondary N) is 1. The molecule has 0 unspecified atom stereocenters. The zero-order valence-electron chi connectivity index (χ0n) is 13.3. The standard InChI is InChI=1S/C18H19NO4/c1-21-15-6-4-5-14(12-15)19-10-9-16(20)13-7-8-17(22-2)18(11-13)23-3/h4-12,19H,1-3H3/b10-9+. The molecule has 0 aromatic heterocycles. The Morgan fingerprint density at radius 2 is 1.74 bits per heavy atom. The van der Waals surface area contributed by atoms with E-state index < -0.39 is 0 Å². The molecule has 1 N–H and O–H groups in total. The Morgan fingerprint density at radius 1 is 0.957 bits per heavy atom. The number of methoxy groups -OCH3 is 3. The van der Waals surface area contributed by atoms with Gasteiger partial charge in [-0.15, -0.1) is 0 Å². The summed E-state index contributed by atoms with van der Waals surface area (Å²) in [4.78, 5) is 12.2. The molecular weight excluding hydrogens is 294 g/mol.